The number of hydrogen-bond acceptors (Lipinski definition) is 5. The van der Waals surface area contributed by atoms with Gasteiger partial charge < -0.3 is 25.8 Å². The molecular weight excluding hydrogens is 468 g/mol. The molecule has 2 heterocycles. The molecule has 35 heavy (non-hydrogen) atoms. The van der Waals surface area contributed by atoms with Crippen molar-refractivity contribution in [1.29, 1.82) is 0 Å². The second-order valence-electron chi connectivity index (χ2n) is 8.64. The Hall–Kier alpha value is -3.59. The van der Waals surface area contributed by atoms with Crippen molar-refractivity contribution < 1.29 is 14.4 Å². The second-order valence-corrected chi connectivity index (χ2v) is 9.08. The van der Waals surface area contributed by atoms with E-state index in [2.05, 4.69) is 25.8 Å². The number of anilines is 2. The highest BCUT2D eigenvalue weighted by molar-refractivity contribution is 6.30. The van der Waals surface area contributed by atoms with E-state index in [0.717, 1.165) is 37.3 Å². The van der Waals surface area contributed by atoms with Gasteiger partial charge in [-0.05, 0) is 61.4 Å². The van der Waals surface area contributed by atoms with E-state index in [1.165, 1.54) is 0 Å². The number of nitrogens with one attached hydrogen (secondary N) is 3. The van der Waals surface area contributed by atoms with Crippen LogP contribution in [0, 0.1) is 0 Å². The topological polar surface area (TPSA) is 106 Å². The first-order valence-electron chi connectivity index (χ1n) is 11.7. The largest absolute Gasteiger partial charge is 0.358 e. The molecule has 0 spiro atoms. The number of aliphatic imine (C=N–C) groups is 1. The lowest BCUT2D eigenvalue weighted by molar-refractivity contribution is -0.132. The molecule has 4 amide bonds. The molecular formula is C25H29ClN6O3. The Labute approximate surface area is 209 Å². The van der Waals surface area contributed by atoms with Gasteiger partial charge in [0.15, 0.2) is 0 Å². The summed E-state index contributed by atoms with van der Waals surface area (Å²) in [5.41, 5.74) is 2.05. The Morgan fingerprint density at radius 3 is 2.20 bits per heavy atom. The third-order valence-electron chi connectivity index (χ3n) is 6.03. The summed E-state index contributed by atoms with van der Waals surface area (Å²) in [4.78, 5) is 46.8. The number of carbonyl (C=O) groups excluding carboxylic acids is 3. The van der Waals surface area contributed by atoms with Crippen LogP contribution in [0.25, 0.3) is 0 Å². The lowest BCUT2D eigenvalue weighted by Crippen LogP contribution is -2.48. The van der Waals surface area contributed by atoms with Gasteiger partial charge in [0.05, 0.1) is 13.0 Å². The van der Waals surface area contributed by atoms with Crippen molar-refractivity contribution in [3.05, 3.63) is 59.1 Å². The Bertz CT molecular complexity index is 1100. The highest BCUT2D eigenvalue weighted by atomic mass is 35.5. The van der Waals surface area contributed by atoms with Crippen LogP contribution in [0.3, 0.4) is 0 Å². The molecule has 0 saturated carbocycles. The molecule has 4 rings (SSSR count). The highest BCUT2D eigenvalue weighted by Gasteiger charge is 2.28. The zero-order valence-corrected chi connectivity index (χ0v) is 20.3. The maximum atomic E-state index is 13.1. The fourth-order valence-electron chi connectivity index (χ4n) is 4.11. The van der Waals surface area contributed by atoms with Crippen molar-refractivity contribution in [3.8, 4) is 0 Å². The minimum absolute atomic E-state index is 0.125. The SMILES string of the molecule is CN1CCN=C1c1ccc(NC(=O)C(CC(=O)N2CCCC2)NC(=O)Nc2ccc(Cl)cc2)cc1. The lowest BCUT2D eigenvalue weighted by atomic mass is 10.1. The van der Waals surface area contributed by atoms with Crippen LogP contribution in [0.1, 0.15) is 24.8 Å². The van der Waals surface area contributed by atoms with Gasteiger partial charge in [0, 0.05) is 48.6 Å². The van der Waals surface area contributed by atoms with E-state index in [1.54, 1.807) is 41.3 Å². The third-order valence-corrected chi connectivity index (χ3v) is 6.28. The lowest BCUT2D eigenvalue weighted by Gasteiger charge is -2.22. The van der Waals surface area contributed by atoms with Gasteiger partial charge in [0.25, 0.3) is 0 Å². The maximum absolute atomic E-state index is 13.1. The van der Waals surface area contributed by atoms with Crippen LogP contribution in [0.15, 0.2) is 53.5 Å². The first-order valence-corrected chi connectivity index (χ1v) is 12.0. The van der Waals surface area contributed by atoms with E-state index in [0.29, 0.717) is 29.5 Å². The molecule has 2 aliphatic heterocycles. The number of halogens is 1. The summed E-state index contributed by atoms with van der Waals surface area (Å²) < 4.78 is 0. The van der Waals surface area contributed by atoms with Crippen molar-refractivity contribution in [2.45, 2.75) is 25.3 Å². The number of hydrogen-bond donors (Lipinski definition) is 3. The van der Waals surface area contributed by atoms with Crippen molar-refractivity contribution in [1.82, 2.24) is 15.1 Å². The fourth-order valence-corrected chi connectivity index (χ4v) is 4.24. The van der Waals surface area contributed by atoms with Crippen LogP contribution in [-0.2, 0) is 9.59 Å². The summed E-state index contributed by atoms with van der Waals surface area (Å²) in [5, 5.41) is 8.68. The number of likely N-dealkylation sites (N-methyl/N-ethyl adjacent to an activating group) is 1. The van der Waals surface area contributed by atoms with E-state index in [-0.39, 0.29) is 12.3 Å². The van der Waals surface area contributed by atoms with E-state index < -0.39 is 18.0 Å². The van der Waals surface area contributed by atoms with E-state index in [9.17, 15) is 14.4 Å². The molecule has 3 N–H and O–H groups in total. The van der Waals surface area contributed by atoms with Gasteiger partial charge in [-0.25, -0.2) is 4.79 Å². The molecule has 0 radical (unpaired) electrons. The van der Waals surface area contributed by atoms with Crippen molar-refractivity contribution >= 4 is 46.7 Å². The molecule has 1 unspecified atom stereocenters. The summed E-state index contributed by atoms with van der Waals surface area (Å²) in [6, 6.07) is 12.3. The average Bonchev–Trinajstić information content (AvgIpc) is 3.53. The molecule has 1 saturated heterocycles. The summed E-state index contributed by atoms with van der Waals surface area (Å²) in [5.74, 6) is 0.288. The van der Waals surface area contributed by atoms with E-state index >= 15 is 0 Å². The fraction of sp³-hybridized carbons (Fsp3) is 0.360. The number of likely N-dealkylation sites (tertiary alicyclic amines) is 1. The summed E-state index contributed by atoms with van der Waals surface area (Å²) in [7, 11) is 1.99. The first kappa shape index (κ1) is 24.5. The van der Waals surface area contributed by atoms with Gasteiger partial charge in [0.1, 0.15) is 11.9 Å². The number of benzene rings is 2. The monoisotopic (exact) mass is 496 g/mol. The molecule has 184 valence electrons. The van der Waals surface area contributed by atoms with Gasteiger partial charge in [0.2, 0.25) is 11.8 Å². The number of nitrogens with zero attached hydrogens (tertiary/aromatic N) is 3. The van der Waals surface area contributed by atoms with Gasteiger partial charge >= 0.3 is 6.03 Å². The van der Waals surface area contributed by atoms with E-state index in [4.69, 9.17) is 11.6 Å². The predicted molar refractivity (Wildman–Crippen MR) is 137 cm³/mol. The molecule has 0 bridgehead atoms. The van der Waals surface area contributed by atoms with Crippen LogP contribution in [-0.4, -0.2) is 72.7 Å². The molecule has 1 atom stereocenters. The van der Waals surface area contributed by atoms with Crippen molar-refractivity contribution in [2.75, 3.05) is 43.9 Å². The highest BCUT2D eigenvalue weighted by Crippen LogP contribution is 2.17. The van der Waals surface area contributed by atoms with Crippen LogP contribution < -0.4 is 16.0 Å². The molecule has 2 aliphatic rings. The summed E-state index contributed by atoms with van der Waals surface area (Å²) >= 11 is 5.89. The second kappa shape index (κ2) is 11.2. The Morgan fingerprint density at radius 2 is 1.57 bits per heavy atom. The smallest absolute Gasteiger partial charge is 0.319 e. The standard InChI is InChI=1S/C25H29ClN6O3/c1-31-15-12-27-23(31)17-4-8-19(9-5-17)28-24(34)21(16-22(33)32-13-2-3-14-32)30-25(35)29-20-10-6-18(26)7-11-20/h4-11,21H,2-3,12-16H2,1H3,(H,28,34)(H2,29,30,35). The molecule has 0 aliphatic carbocycles. The van der Waals surface area contributed by atoms with Gasteiger partial charge in [-0.1, -0.05) is 11.6 Å². The quantitative estimate of drug-likeness (QED) is 0.547. The van der Waals surface area contributed by atoms with Crippen LogP contribution >= 0.6 is 11.6 Å². The number of carbonyl (C=O) groups is 3. The Morgan fingerprint density at radius 1 is 0.943 bits per heavy atom. The summed E-state index contributed by atoms with van der Waals surface area (Å²) in [6.45, 7) is 2.99. The zero-order valence-electron chi connectivity index (χ0n) is 19.6. The number of rotatable bonds is 7. The van der Waals surface area contributed by atoms with E-state index in [1.807, 2.05) is 19.2 Å². The maximum Gasteiger partial charge on any atom is 0.319 e. The molecule has 9 nitrogen and oxygen atoms in total. The van der Waals surface area contributed by atoms with Crippen LogP contribution in [0.4, 0.5) is 16.2 Å². The number of urea groups is 1. The number of amides is 4. The van der Waals surface area contributed by atoms with Crippen LogP contribution in [0.5, 0.6) is 0 Å². The molecule has 2 aromatic rings. The first-order chi connectivity index (χ1) is 16.9. The predicted octanol–water partition coefficient (Wildman–Crippen LogP) is 3.17. The minimum atomic E-state index is -1.04. The Kier molecular flexibility index (Phi) is 7.87. The van der Waals surface area contributed by atoms with Crippen molar-refractivity contribution in [3.63, 3.8) is 0 Å². The van der Waals surface area contributed by atoms with Crippen LogP contribution in [0.2, 0.25) is 5.02 Å². The molecule has 10 heteroatoms. The molecule has 2 aromatic carbocycles. The minimum Gasteiger partial charge on any atom is -0.358 e. The molecule has 1 fully saturated rings. The van der Waals surface area contributed by atoms with Gasteiger partial charge in [-0.2, -0.15) is 0 Å². The third kappa shape index (κ3) is 6.51. The zero-order chi connectivity index (χ0) is 24.8. The normalized spacial score (nSPS) is 16.0. The molecule has 0 aromatic heterocycles. The summed E-state index contributed by atoms with van der Waals surface area (Å²) in [6.07, 6.45) is 1.76. The van der Waals surface area contributed by atoms with Gasteiger partial charge in [-0.3, -0.25) is 14.6 Å². The van der Waals surface area contributed by atoms with Crippen molar-refractivity contribution in [2.24, 2.45) is 4.99 Å². The average molecular weight is 497 g/mol. The number of amidine groups is 1. The Balaban J connectivity index is 1.42. The van der Waals surface area contributed by atoms with Gasteiger partial charge in [-0.15, -0.1) is 0 Å².